The van der Waals surface area contributed by atoms with Crippen LogP contribution in [0.2, 0.25) is 0 Å². The first kappa shape index (κ1) is 18.0. The fourth-order valence-corrected chi connectivity index (χ4v) is 4.18. The number of anilines is 1. The predicted octanol–water partition coefficient (Wildman–Crippen LogP) is 5.34. The lowest BCUT2D eigenvalue weighted by atomic mass is 10.1. The van der Waals surface area contributed by atoms with E-state index in [-0.39, 0.29) is 6.23 Å². The second-order valence-corrected chi connectivity index (χ2v) is 8.09. The molecule has 4 rings (SSSR count). The summed E-state index contributed by atoms with van der Waals surface area (Å²) in [5, 5.41) is 14.9. The van der Waals surface area contributed by atoms with Crippen molar-refractivity contribution in [3.8, 4) is 17.1 Å². The number of ether oxygens (including phenoxy) is 1. The Morgan fingerprint density at radius 2 is 2.15 bits per heavy atom. The standard InChI is InChI=1S/C20H20N4OS2/c1-2-3-12-27-20-22-19-18(23-24-20)15-8-4-5-9-16(15)21-17(25-19)11-10-14-7-6-13-26-14/h4-11,13,17,21H,2-3,12H2,1H3. The third-order valence-corrected chi connectivity index (χ3v) is 5.82. The van der Waals surface area contributed by atoms with Crippen LogP contribution in [0.5, 0.6) is 5.88 Å². The third kappa shape index (κ3) is 4.31. The number of thioether (sulfide) groups is 1. The maximum Gasteiger partial charge on any atom is 0.247 e. The molecule has 1 aromatic carbocycles. The first-order valence-corrected chi connectivity index (χ1v) is 10.8. The minimum atomic E-state index is -0.334. The van der Waals surface area contributed by atoms with Gasteiger partial charge in [-0.1, -0.05) is 49.4 Å². The fourth-order valence-electron chi connectivity index (χ4n) is 2.69. The van der Waals surface area contributed by atoms with Gasteiger partial charge in [0.05, 0.1) is 0 Å². The van der Waals surface area contributed by atoms with Gasteiger partial charge in [0.15, 0.2) is 11.9 Å². The Balaban J connectivity index is 1.66. The molecule has 1 unspecified atom stereocenters. The average Bonchev–Trinajstić information content (AvgIpc) is 3.15. The summed E-state index contributed by atoms with van der Waals surface area (Å²) >= 11 is 3.31. The molecule has 1 atom stereocenters. The smallest absolute Gasteiger partial charge is 0.247 e. The summed E-state index contributed by atoms with van der Waals surface area (Å²) in [6.45, 7) is 2.17. The molecule has 5 nitrogen and oxygen atoms in total. The molecule has 3 heterocycles. The highest BCUT2D eigenvalue weighted by atomic mass is 32.2. The molecule has 0 fully saturated rings. The Morgan fingerprint density at radius 3 is 3.00 bits per heavy atom. The zero-order valence-corrected chi connectivity index (χ0v) is 16.6. The number of hydrogen-bond acceptors (Lipinski definition) is 7. The van der Waals surface area contributed by atoms with Crippen molar-refractivity contribution >= 4 is 34.9 Å². The highest BCUT2D eigenvalue weighted by Gasteiger charge is 2.23. The van der Waals surface area contributed by atoms with Crippen molar-refractivity contribution in [2.45, 2.75) is 31.1 Å². The quantitative estimate of drug-likeness (QED) is 0.448. The zero-order valence-electron chi connectivity index (χ0n) is 15.0. The molecule has 0 saturated carbocycles. The molecular weight excluding hydrogens is 376 g/mol. The van der Waals surface area contributed by atoms with E-state index < -0.39 is 0 Å². The van der Waals surface area contributed by atoms with E-state index >= 15 is 0 Å². The number of fused-ring (bicyclic) bond motifs is 3. The first-order chi connectivity index (χ1) is 13.3. The lowest BCUT2D eigenvalue weighted by Crippen LogP contribution is -2.23. The van der Waals surface area contributed by atoms with Crippen molar-refractivity contribution in [1.29, 1.82) is 0 Å². The van der Waals surface area contributed by atoms with Crippen LogP contribution in [0.15, 0.2) is 53.0 Å². The SMILES string of the molecule is CCCCSc1nnc2c(n1)OC(C=Cc1cccs1)Nc1ccccc1-2. The molecule has 1 aliphatic rings. The number of nitrogens with zero attached hydrogens (tertiary/aromatic N) is 3. The summed E-state index contributed by atoms with van der Waals surface area (Å²) in [6.07, 6.45) is 6.00. The van der Waals surface area contributed by atoms with Gasteiger partial charge in [-0.15, -0.1) is 21.5 Å². The number of hydrogen-bond donors (Lipinski definition) is 1. The average molecular weight is 397 g/mol. The van der Waals surface area contributed by atoms with Gasteiger partial charge in [-0.3, -0.25) is 0 Å². The molecule has 2 aromatic heterocycles. The molecule has 3 aromatic rings. The number of rotatable bonds is 6. The molecule has 7 heteroatoms. The van der Waals surface area contributed by atoms with E-state index in [1.54, 1.807) is 23.1 Å². The second-order valence-electron chi connectivity index (χ2n) is 6.05. The van der Waals surface area contributed by atoms with Crippen LogP contribution in [0.4, 0.5) is 5.69 Å². The molecular formula is C20H20N4OS2. The Bertz CT molecular complexity index is 927. The predicted molar refractivity (Wildman–Crippen MR) is 112 cm³/mol. The number of unbranched alkanes of at least 4 members (excludes halogenated alkanes) is 1. The molecule has 0 aliphatic carbocycles. The molecule has 1 aliphatic heterocycles. The van der Waals surface area contributed by atoms with Crippen LogP contribution in [-0.2, 0) is 0 Å². The topological polar surface area (TPSA) is 59.9 Å². The highest BCUT2D eigenvalue weighted by Crippen LogP contribution is 2.36. The van der Waals surface area contributed by atoms with Gasteiger partial charge >= 0.3 is 0 Å². The van der Waals surface area contributed by atoms with E-state index in [0.29, 0.717) is 16.7 Å². The minimum Gasteiger partial charge on any atom is -0.448 e. The van der Waals surface area contributed by atoms with Crippen LogP contribution >= 0.6 is 23.1 Å². The van der Waals surface area contributed by atoms with Crippen molar-refractivity contribution in [2.24, 2.45) is 0 Å². The van der Waals surface area contributed by atoms with Crippen LogP contribution in [0.1, 0.15) is 24.6 Å². The van der Waals surface area contributed by atoms with Crippen molar-refractivity contribution in [1.82, 2.24) is 15.2 Å². The largest absolute Gasteiger partial charge is 0.448 e. The van der Waals surface area contributed by atoms with E-state index in [0.717, 1.165) is 29.8 Å². The van der Waals surface area contributed by atoms with Gasteiger partial charge in [-0.2, -0.15) is 4.98 Å². The van der Waals surface area contributed by atoms with Crippen LogP contribution in [-0.4, -0.2) is 27.2 Å². The van der Waals surface area contributed by atoms with Gasteiger partial charge in [0.1, 0.15) is 0 Å². The van der Waals surface area contributed by atoms with Crippen molar-refractivity contribution in [2.75, 3.05) is 11.1 Å². The number of para-hydroxylation sites is 1. The maximum atomic E-state index is 6.16. The fraction of sp³-hybridized carbons (Fsp3) is 0.250. The van der Waals surface area contributed by atoms with Crippen LogP contribution < -0.4 is 10.1 Å². The Hall–Kier alpha value is -2.38. The van der Waals surface area contributed by atoms with Gasteiger partial charge < -0.3 is 10.1 Å². The maximum absolute atomic E-state index is 6.16. The molecule has 27 heavy (non-hydrogen) atoms. The summed E-state index contributed by atoms with van der Waals surface area (Å²) in [5.74, 6) is 1.50. The van der Waals surface area contributed by atoms with Gasteiger partial charge in [0.25, 0.3) is 0 Å². The summed E-state index contributed by atoms with van der Waals surface area (Å²) in [4.78, 5) is 5.81. The van der Waals surface area contributed by atoms with E-state index in [1.807, 2.05) is 36.4 Å². The highest BCUT2D eigenvalue weighted by molar-refractivity contribution is 7.99. The number of thiophene rings is 1. The zero-order chi connectivity index (χ0) is 18.5. The summed E-state index contributed by atoms with van der Waals surface area (Å²) in [7, 11) is 0. The first-order valence-electron chi connectivity index (χ1n) is 8.95. The molecule has 0 spiro atoms. The van der Waals surface area contributed by atoms with Crippen LogP contribution in [0.3, 0.4) is 0 Å². The molecule has 1 N–H and O–H groups in total. The normalized spacial score (nSPS) is 15.5. The third-order valence-electron chi connectivity index (χ3n) is 4.06. The Morgan fingerprint density at radius 1 is 1.22 bits per heavy atom. The second kappa shape index (κ2) is 8.54. The number of nitrogens with one attached hydrogen (secondary N) is 1. The lowest BCUT2D eigenvalue weighted by Gasteiger charge is -2.15. The number of benzene rings is 1. The molecule has 0 saturated heterocycles. The van der Waals surface area contributed by atoms with E-state index in [4.69, 9.17) is 4.74 Å². The molecule has 138 valence electrons. The van der Waals surface area contributed by atoms with Gasteiger partial charge in [0, 0.05) is 21.9 Å². The summed E-state index contributed by atoms with van der Waals surface area (Å²) in [5.41, 5.74) is 2.58. The van der Waals surface area contributed by atoms with Crippen molar-refractivity contribution in [3.05, 3.63) is 52.7 Å². The van der Waals surface area contributed by atoms with E-state index in [2.05, 4.69) is 44.9 Å². The summed E-state index contributed by atoms with van der Waals surface area (Å²) in [6, 6.07) is 12.1. The molecule has 0 radical (unpaired) electrons. The summed E-state index contributed by atoms with van der Waals surface area (Å²) < 4.78 is 6.16. The molecule has 0 amide bonds. The molecule has 0 bridgehead atoms. The number of aromatic nitrogens is 3. The lowest BCUT2D eigenvalue weighted by molar-refractivity contribution is 0.266. The van der Waals surface area contributed by atoms with Gasteiger partial charge in [0.2, 0.25) is 11.0 Å². The Labute approximate surface area is 166 Å². The van der Waals surface area contributed by atoms with E-state index in [9.17, 15) is 0 Å². The van der Waals surface area contributed by atoms with E-state index in [1.165, 1.54) is 4.88 Å². The Kier molecular flexibility index (Phi) is 5.69. The minimum absolute atomic E-state index is 0.334. The van der Waals surface area contributed by atoms with Gasteiger partial charge in [-0.05, 0) is 36.1 Å². The van der Waals surface area contributed by atoms with Crippen molar-refractivity contribution < 1.29 is 4.74 Å². The van der Waals surface area contributed by atoms with Crippen LogP contribution in [0.25, 0.3) is 17.3 Å². The van der Waals surface area contributed by atoms with Crippen LogP contribution in [0, 0.1) is 0 Å². The monoisotopic (exact) mass is 396 g/mol. The van der Waals surface area contributed by atoms with Crippen molar-refractivity contribution in [3.63, 3.8) is 0 Å². The van der Waals surface area contributed by atoms with Gasteiger partial charge in [-0.25, -0.2) is 0 Å².